The van der Waals surface area contributed by atoms with Crippen LogP contribution >= 0.6 is 23.2 Å². The Morgan fingerprint density at radius 1 is 0.917 bits per heavy atom. The summed E-state index contributed by atoms with van der Waals surface area (Å²) in [4.78, 5) is 12.1. The van der Waals surface area contributed by atoms with Gasteiger partial charge in [-0.2, -0.15) is 0 Å². The Kier molecular flexibility index (Phi) is 4.93. The van der Waals surface area contributed by atoms with Gasteiger partial charge in [0.1, 0.15) is 5.75 Å². The third kappa shape index (κ3) is 4.01. The molecule has 0 saturated carbocycles. The van der Waals surface area contributed by atoms with E-state index in [4.69, 9.17) is 27.9 Å². The monoisotopic (exact) mass is 359 g/mol. The van der Waals surface area contributed by atoms with Crippen molar-refractivity contribution in [1.29, 1.82) is 0 Å². The Bertz CT molecular complexity index is 855. The molecule has 3 rings (SSSR count). The smallest absolute Gasteiger partial charge is 0.276 e. The van der Waals surface area contributed by atoms with Crippen LogP contribution in [0.3, 0.4) is 0 Å². The molecule has 0 spiro atoms. The molecule has 0 aliphatic heterocycles. The van der Waals surface area contributed by atoms with E-state index in [0.717, 1.165) is 0 Å². The Hall–Kier alpha value is -2.63. The third-order valence-electron chi connectivity index (χ3n) is 3.02. The van der Waals surface area contributed by atoms with Crippen molar-refractivity contribution >= 4 is 34.8 Å². The highest BCUT2D eigenvalue weighted by Crippen LogP contribution is 2.28. The lowest BCUT2D eigenvalue weighted by Gasteiger charge is -2.06. The first-order valence-corrected chi connectivity index (χ1v) is 7.70. The van der Waals surface area contributed by atoms with Crippen LogP contribution in [0.15, 0.2) is 60.7 Å². The van der Waals surface area contributed by atoms with Gasteiger partial charge in [-0.05, 0) is 30.3 Å². The first-order chi connectivity index (χ1) is 11.6. The molecule has 0 bridgehead atoms. The van der Waals surface area contributed by atoms with Gasteiger partial charge in [-0.3, -0.25) is 4.79 Å². The van der Waals surface area contributed by atoms with E-state index < -0.39 is 0 Å². The minimum atomic E-state index is -0.352. The topological polar surface area (TPSA) is 64.1 Å². The highest BCUT2D eigenvalue weighted by Gasteiger charge is 2.09. The largest absolute Gasteiger partial charge is 0.437 e. The fraction of sp³-hybridized carbons (Fsp3) is 0. The second-order valence-electron chi connectivity index (χ2n) is 4.75. The van der Waals surface area contributed by atoms with E-state index in [1.807, 2.05) is 18.2 Å². The average molecular weight is 360 g/mol. The van der Waals surface area contributed by atoms with Crippen molar-refractivity contribution in [3.05, 3.63) is 76.4 Å². The summed E-state index contributed by atoms with van der Waals surface area (Å²) in [6.07, 6.45) is 0. The lowest BCUT2D eigenvalue weighted by Crippen LogP contribution is -2.14. The number of aromatic nitrogens is 2. The van der Waals surface area contributed by atoms with Crippen LogP contribution in [-0.4, -0.2) is 16.1 Å². The number of carbonyl (C=O) groups excluding carboxylic acids is 1. The summed E-state index contributed by atoms with van der Waals surface area (Å²) >= 11 is 11.8. The second kappa shape index (κ2) is 7.29. The van der Waals surface area contributed by atoms with Crippen molar-refractivity contribution in [2.75, 3.05) is 5.32 Å². The number of rotatable bonds is 4. The molecule has 0 aliphatic carbocycles. The predicted molar refractivity (Wildman–Crippen MR) is 93.0 cm³/mol. The Balaban J connectivity index is 1.68. The summed E-state index contributed by atoms with van der Waals surface area (Å²) in [5, 5.41) is 11.3. The van der Waals surface area contributed by atoms with Crippen LogP contribution in [0.1, 0.15) is 10.5 Å². The summed E-state index contributed by atoms with van der Waals surface area (Å²) in [6.45, 7) is 0. The molecule has 7 heteroatoms. The van der Waals surface area contributed by atoms with E-state index >= 15 is 0 Å². The van der Waals surface area contributed by atoms with E-state index in [0.29, 0.717) is 21.5 Å². The molecule has 0 saturated heterocycles. The molecule has 5 nitrogen and oxygen atoms in total. The summed E-state index contributed by atoms with van der Waals surface area (Å²) in [6, 6.07) is 17.0. The van der Waals surface area contributed by atoms with Gasteiger partial charge in [0.2, 0.25) is 5.88 Å². The fourth-order valence-corrected chi connectivity index (χ4v) is 2.16. The quantitative estimate of drug-likeness (QED) is 0.724. The predicted octanol–water partition coefficient (Wildman–Crippen LogP) is 4.83. The summed E-state index contributed by atoms with van der Waals surface area (Å²) in [7, 11) is 0. The molecule has 120 valence electrons. The summed E-state index contributed by atoms with van der Waals surface area (Å²) in [5.74, 6) is 0.361. The maximum absolute atomic E-state index is 12.1. The number of hydrogen-bond acceptors (Lipinski definition) is 4. The molecule has 3 aromatic rings. The van der Waals surface area contributed by atoms with Crippen molar-refractivity contribution in [3.63, 3.8) is 0 Å². The maximum atomic E-state index is 12.1. The number of carbonyl (C=O) groups is 1. The van der Waals surface area contributed by atoms with Crippen LogP contribution in [0.5, 0.6) is 11.6 Å². The number of ether oxygens (including phenoxy) is 1. The zero-order chi connectivity index (χ0) is 16.9. The SMILES string of the molecule is O=C(Nc1ccccc1)c1ccc(Oc2ccc(Cl)c(Cl)c2)nn1. The van der Waals surface area contributed by atoms with Crippen LogP contribution < -0.4 is 10.1 Å². The molecule has 0 unspecified atom stereocenters. The van der Waals surface area contributed by atoms with Crippen molar-refractivity contribution in [3.8, 4) is 11.6 Å². The van der Waals surface area contributed by atoms with Crippen LogP contribution in [0.4, 0.5) is 5.69 Å². The van der Waals surface area contributed by atoms with Gasteiger partial charge < -0.3 is 10.1 Å². The molecule has 0 aliphatic rings. The minimum absolute atomic E-state index is 0.181. The Morgan fingerprint density at radius 3 is 2.38 bits per heavy atom. The van der Waals surface area contributed by atoms with Gasteiger partial charge in [0, 0.05) is 17.8 Å². The molecule has 1 amide bonds. The number of nitrogens with one attached hydrogen (secondary N) is 1. The zero-order valence-corrected chi connectivity index (χ0v) is 13.8. The van der Waals surface area contributed by atoms with Crippen molar-refractivity contribution in [1.82, 2.24) is 10.2 Å². The summed E-state index contributed by atoms with van der Waals surface area (Å²) < 4.78 is 5.52. The molecular weight excluding hydrogens is 349 g/mol. The normalized spacial score (nSPS) is 10.2. The van der Waals surface area contributed by atoms with Crippen LogP contribution in [0.25, 0.3) is 0 Å². The molecule has 0 radical (unpaired) electrons. The van der Waals surface area contributed by atoms with Gasteiger partial charge in [-0.15, -0.1) is 10.2 Å². The molecule has 1 N–H and O–H groups in total. The molecule has 0 fully saturated rings. The molecule has 0 atom stereocenters. The molecule has 24 heavy (non-hydrogen) atoms. The van der Waals surface area contributed by atoms with Gasteiger partial charge >= 0.3 is 0 Å². The van der Waals surface area contributed by atoms with E-state index in [2.05, 4.69) is 15.5 Å². The number of anilines is 1. The van der Waals surface area contributed by atoms with Gasteiger partial charge in [0.25, 0.3) is 5.91 Å². The Morgan fingerprint density at radius 2 is 1.71 bits per heavy atom. The van der Waals surface area contributed by atoms with Crippen LogP contribution in [0.2, 0.25) is 10.0 Å². The lowest BCUT2D eigenvalue weighted by molar-refractivity contribution is 0.102. The minimum Gasteiger partial charge on any atom is -0.437 e. The van der Waals surface area contributed by atoms with Crippen molar-refractivity contribution in [2.24, 2.45) is 0 Å². The highest BCUT2D eigenvalue weighted by molar-refractivity contribution is 6.42. The average Bonchev–Trinajstić information content (AvgIpc) is 2.60. The number of para-hydroxylation sites is 1. The number of nitrogens with zero attached hydrogens (tertiary/aromatic N) is 2. The van der Waals surface area contributed by atoms with E-state index in [1.54, 1.807) is 36.4 Å². The number of hydrogen-bond donors (Lipinski definition) is 1. The van der Waals surface area contributed by atoms with Gasteiger partial charge in [0.05, 0.1) is 10.0 Å². The zero-order valence-electron chi connectivity index (χ0n) is 12.2. The number of halogens is 2. The lowest BCUT2D eigenvalue weighted by atomic mass is 10.3. The first kappa shape index (κ1) is 16.2. The fourth-order valence-electron chi connectivity index (χ4n) is 1.87. The van der Waals surface area contributed by atoms with Gasteiger partial charge in [-0.1, -0.05) is 41.4 Å². The first-order valence-electron chi connectivity index (χ1n) is 6.95. The summed E-state index contributed by atoms with van der Waals surface area (Å²) in [5.41, 5.74) is 0.862. The third-order valence-corrected chi connectivity index (χ3v) is 3.76. The van der Waals surface area contributed by atoms with Crippen molar-refractivity contribution in [2.45, 2.75) is 0 Å². The van der Waals surface area contributed by atoms with E-state index in [9.17, 15) is 4.79 Å². The van der Waals surface area contributed by atoms with Gasteiger partial charge in [0.15, 0.2) is 5.69 Å². The van der Waals surface area contributed by atoms with Crippen molar-refractivity contribution < 1.29 is 9.53 Å². The van der Waals surface area contributed by atoms with Crippen LogP contribution in [-0.2, 0) is 0 Å². The van der Waals surface area contributed by atoms with E-state index in [1.165, 1.54) is 6.07 Å². The molecule has 2 aromatic carbocycles. The molecule has 1 aromatic heterocycles. The molecule has 1 heterocycles. The van der Waals surface area contributed by atoms with Crippen LogP contribution in [0, 0.1) is 0 Å². The Labute approximate surface area is 148 Å². The standard InChI is InChI=1S/C17H11Cl2N3O2/c18-13-7-6-12(10-14(13)19)24-16-9-8-15(21-22-16)17(23)20-11-4-2-1-3-5-11/h1-10H,(H,20,23). The maximum Gasteiger partial charge on any atom is 0.276 e. The number of benzene rings is 2. The van der Waals surface area contributed by atoms with Gasteiger partial charge in [-0.25, -0.2) is 0 Å². The van der Waals surface area contributed by atoms with E-state index in [-0.39, 0.29) is 17.5 Å². The second-order valence-corrected chi connectivity index (χ2v) is 5.57. The molecular formula is C17H11Cl2N3O2. The highest BCUT2D eigenvalue weighted by atomic mass is 35.5. The number of amides is 1.